The van der Waals surface area contributed by atoms with E-state index in [9.17, 15) is 0 Å². The maximum atomic E-state index is 6.30. The SMILES string of the molecule is C/C=C(/c1nc(-c2ccccc2)nc(-c2cccc(-c3cccc(Cl)c3)c2)n1)c1oc2ccccc2c1C. The molecule has 0 fully saturated rings. The number of fused-ring (bicyclic) bond motifs is 1. The summed E-state index contributed by atoms with van der Waals surface area (Å²) >= 11 is 6.26. The average molecular weight is 514 g/mol. The van der Waals surface area contributed by atoms with Crippen LogP contribution in [0.2, 0.25) is 5.02 Å². The summed E-state index contributed by atoms with van der Waals surface area (Å²) in [6, 6.07) is 34.0. The second-order valence-corrected chi connectivity index (χ2v) is 9.45. The quantitative estimate of drug-likeness (QED) is 0.231. The summed E-state index contributed by atoms with van der Waals surface area (Å²) in [7, 11) is 0. The zero-order valence-electron chi connectivity index (χ0n) is 21.0. The van der Waals surface area contributed by atoms with E-state index in [1.165, 1.54) is 0 Å². The second-order valence-electron chi connectivity index (χ2n) is 9.02. The van der Waals surface area contributed by atoms with Gasteiger partial charge in [0.2, 0.25) is 0 Å². The number of aryl methyl sites for hydroxylation is 1. The van der Waals surface area contributed by atoms with Crippen LogP contribution in [0.4, 0.5) is 0 Å². The van der Waals surface area contributed by atoms with Gasteiger partial charge < -0.3 is 4.42 Å². The maximum absolute atomic E-state index is 6.30. The molecule has 0 amide bonds. The van der Waals surface area contributed by atoms with Gasteiger partial charge in [0.05, 0.1) is 5.57 Å². The molecular weight excluding hydrogens is 490 g/mol. The van der Waals surface area contributed by atoms with Crippen LogP contribution in [0, 0.1) is 6.92 Å². The number of hydrogen-bond acceptors (Lipinski definition) is 4. The van der Waals surface area contributed by atoms with E-state index in [4.69, 9.17) is 31.0 Å². The van der Waals surface area contributed by atoms with Gasteiger partial charge in [0.25, 0.3) is 0 Å². The van der Waals surface area contributed by atoms with Crippen molar-refractivity contribution in [2.75, 3.05) is 0 Å². The number of hydrogen-bond donors (Lipinski definition) is 0. The molecule has 0 atom stereocenters. The fraction of sp³-hybridized carbons (Fsp3) is 0.0606. The Balaban J connectivity index is 1.53. The highest BCUT2D eigenvalue weighted by molar-refractivity contribution is 6.30. The van der Waals surface area contributed by atoms with Crippen molar-refractivity contribution in [3.63, 3.8) is 0 Å². The van der Waals surface area contributed by atoms with Crippen LogP contribution in [0.3, 0.4) is 0 Å². The van der Waals surface area contributed by atoms with Gasteiger partial charge >= 0.3 is 0 Å². The van der Waals surface area contributed by atoms with Crippen LogP contribution in [0.1, 0.15) is 24.1 Å². The first kappa shape index (κ1) is 23.8. The van der Waals surface area contributed by atoms with E-state index in [1.807, 2.05) is 97.9 Å². The molecule has 5 heteroatoms. The molecule has 6 aromatic rings. The molecule has 0 N–H and O–H groups in total. The Labute approximate surface area is 226 Å². The smallest absolute Gasteiger partial charge is 0.167 e. The maximum Gasteiger partial charge on any atom is 0.167 e. The number of para-hydroxylation sites is 1. The summed E-state index contributed by atoms with van der Waals surface area (Å²) in [4.78, 5) is 14.8. The lowest BCUT2D eigenvalue weighted by atomic mass is 10.0. The highest BCUT2D eigenvalue weighted by atomic mass is 35.5. The standard InChI is InChI=1S/C33H24ClN3O/c1-3-27(30-21(2)28-17-7-8-18-29(28)38-30)33-36-31(22-11-5-4-6-12-22)35-32(37-33)25-15-9-13-23(19-25)24-14-10-16-26(34)20-24/h3-20H,1-2H3/b27-3+. The van der Waals surface area contributed by atoms with E-state index in [2.05, 4.69) is 25.1 Å². The van der Waals surface area contributed by atoms with Gasteiger partial charge in [0, 0.05) is 27.1 Å². The van der Waals surface area contributed by atoms with Crippen LogP contribution in [0.25, 0.3) is 50.4 Å². The lowest BCUT2D eigenvalue weighted by Gasteiger charge is -2.11. The highest BCUT2D eigenvalue weighted by Gasteiger charge is 2.20. The minimum Gasteiger partial charge on any atom is -0.456 e. The average Bonchev–Trinajstić information content (AvgIpc) is 3.30. The molecule has 0 aliphatic carbocycles. The fourth-order valence-electron chi connectivity index (χ4n) is 4.64. The highest BCUT2D eigenvalue weighted by Crippen LogP contribution is 2.34. The van der Waals surface area contributed by atoms with Crippen molar-refractivity contribution < 1.29 is 4.42 Å². The first-order valence-electron chi connectivity index (χ1n) is 12.4. The topological polar surface area (TPSA) is 51.8 Å². The van der Waals surface area contributed by atoms with Crippen LogP contribution >= 0.6 is 11.6 Å². The van der Waals surface area contributed by atoms with Crippen molar-refractivity contribution in [3.05, 3.63) is 131 Å². The van der Waals surface area contributed by atoms with Crippen molar-refractivity contribution in [1.82, 2.24) is 15.0 Å². The van der Waals surface area contributed by atoms with Crippen LogP contribution in [-0.2, 0) is 0 Å². The molecular formula is C33H24ClN3O. The predicted molar refractivity (Wildman–Crippen MR) is 155 cm³/mol. The Kier molecular flexibility index (Phi) is 6.32. The second kappa shape index (κ2) is 10.1. The summed E-state index contributed by atoms with van der Waals surface area (Å²) in [6.07, 6.45) is 2.00. The molecule has 0 radical (unpaired) electrons. The third-order valence-electron chi connectivity index (χ3n) is 6.56. The first-order valence-corrected chi connectivity index (χ1v) is 12.8. The molecule has 0 aliphatic heterocycles. The van der Waals surface area contributed by atoms with Gasteiger partial charge in [-0.3, -0.25) is 0 Å². The summed E-state index contributed by atoms with van der Waals surface area (Å²) < 4.78 is 6.30. The van der Waals surface area contributed by atoms with Gasteiger partial charge in [-0.25, -0.2) is 15.0 Å². The minimum atomic E-state index is 0.562. The molecule has 0 saturated carbocycles. The van der Waals surface area contributed by atoms with Crippen LogP contribution in [0.5, 0.6) is 0 Å². The Morgan fingerprint density at radius 1 is 0.684 bits per heavy atom. The molecule has 4 nitrogen and oxygen atoms in total. The molecule has 4 aromatic carbocycles. The van der Waals surface area contributed by atoms with Crippen LogP contribution < -0.4 is 0 Å². The molecule has 0 saturated heterocycles. The van der Waals surface area contributed by atoms with E-state index in [1.54, 1.807) is 0 Å². The Bertz CT molecular complexity index is 1800. The van der Waals surface area contributed by atoms with E-state index < -0.39 is 0 Å². The summed E-state index contributed by atoms with van der Waals surface area (Å²) in [6.45, 7) is 4.05. The van der Waals surface area contributed by atoms with E-state index in [0.29, 0.717) is 22.5 Å². The minimum absolute atomic E-state index is 0.562. The van der Waals surface area contributed by atoms with Gasteiger partial charge in [0.15, 0.2) is 17.5 Å². The third-order valence-corrected chi connectivity index (χ3v) is 6.80. The molecule has 38 heavy (non-hydrogen) atoms. The van der Waals surface area contributed by atoms with Gasteiger partial charge in [-0.2, -0.15) is 0 Å². The Morgan fingerprint density at radius 3 is 2.05 bits per heavy atom. The van der Waals surface area contributed by atoms with Crippen molar-refractivity contribution in [2.45, 2.75) is 13.8 Å². The lowest BCUT2D eigenvalue weighted by molar-refractivity contribution is 0.596. The molecule has 6 rings (SSSR count). The number of benzene rings is 4. The van der Waals surface area contributed by atoms with Crippen molar-refractivity contribution >= 4 is 28.1 Å². The Hall–Kier alpha value is -4.54. The number of rotatable bonds is 5. The van der Waals surface area contributed by atoms with Gasteiger partial charge in [-0.05, 0) is 49.2 Å². The molecule has 2 aromatic heterocycles. The monoisotopic (exact) mass is 513 g/mol. The summed E-state index contributed by atoms with van der Waals surface area (Å²) in [5.41, 5.74) is 6.59. The zero-order valence-corrected chi connectivity index (χ0v) is 21.8. The lowest BCUT2D eigenvalue weighted by Crippen LogP contribution is -2.04. The molecule has 2 heterocycles. The zero-order chi connectivity index (χ0) is 26.1. The van der Waals surface area contributed by atoms with E-state index in [-0.39, 0.29) is 0 Å². The molecule has 184 valence electrons. The van der Waals surface area contributed by atoms with Gasteiger partial charge in [-0.15, -0.1) is 0 Å². The first-order chi connectivity index (χ1) is 18.6. The van der Waals surface area contributed by atoms with Crippen molar-refractivity contribution in [2.24, 2.45) is 0 Å². The van der Waals surface area contributed by atoms with Gasteiger partial charge in [-0.1, -0.05) is 96.5 Å². The predicted octanol–water partition coefficient (Wildman–Crippen LogP) is 9.03. The fourth-order valence-corrected chi connectivity index (χ4v) is 4.83. The van der Waals surface area contributed by atoms with Crippen LogP contribution in [0.15, 0.2) is 114 Å². The number of furan rings is 1. The van der Waals surface area contributed by atoms with E-state index in [0.717, 1.165) is 50.1 Å². The van der Waals surface area contributed by atoms with Crippen molar-refractivity contribution in [1.29, 1.82) is 0 Å². The normalized spacial score (nSPS) is 11.7. The molecule has 0 bridgehead atoms. The largest absolute Gasteiger partial charge is 0.456 e. The number of nitrogens with zero attached hydrogens (tertiary/aromatic N) is 3. The molecule has 0 unspecified atom stereocenters. The van der Waals surface area contributed by atoms with Crippen molar-refractivity contribution in [3.8, 4) is 33.9 Å². The number of halogens is 1. The molecule has 0 spiro atoms. The van der Waals surface area contributed by atoms with Crippen LogP contribution in [-0.4, -0.2) is 15.0 Å². The summed E-state index contributed by atoms with van der Waals surface area (Å²) in [5.74, 6) is 2.52. The number of aromatic nitrogens is 3. The van der Waals surface area contributed by atoms with E-state index >= 15 is 0 Å². The van der Waals surface area contributed by atoms with Gasteiger partial charge in [0.1, 0.15) is 11.3 Å². The molecule has 0 aliphatic rings. The Morgan fingerprint density at radius 2 is 1.32 bits per heavy atom. The number of allylic oxidation sites excluding steroid dienone is 1. The third kappa shape index (κ3) is 4.51. The summed E-state index contributed by atoms with van der Waals surface area (Å²) in [5, 5.41) is 1.77.